The van der Waals surface area contributed by atoms with E-state index >= 15 is 0 Å². The summed E-state index contributed by atoms with van der Waals surface area (Å²) in [5.41, 5.74) is 3.25. The molecule has 2 aromatic carbocycles. The molecule has 0 radical (unpaired) electrons. The quantitative estimate of drug-likeness (QED) is 0.802. The summed E-state index contributed by atoms with van der Waals surface area (Å²) < 4.78 is 4.64. The Labute approximate surface area is 123 Å². The smallest absolute Gasteiger partial charge is 0.337 e. The maximum absolute atomic E-state index is 11.4. The van der Waals surface area contributed by atoms with Crippen LogP contribution in [0.3, 0.4) is 0 Å². The number of benzene rings is 2. The molecule has 0 aromatic heterocycles. The zero-order valence-electron chi connectivity index (χ0n) is 11.9. The maximum atomic E-state index is 11.4. The van der Waals surface area contributed by atoms with Gasteiger partial charge in [0.1, 0.15) is 0 Å². The lowest BCUT2D eigenvalue weighted by molar-refractivity contribution is -0.255. The fourth-order valence-electron chi connectivity index (χ4n) is 2.16. The van der Waals surface area contributed by atoms with Crippen molar-refractivity contribution in [1.82, 2.24) is 0 Å². The first-order chi connectivity index (χ1) is 10.0. The lowest BCUT2D eigenvalue weighted by atomic mass is 9.97. The molecule has 0 saturated carbocycles. The summed E-state index contributed by atoms with van der Waals surface area (Å²) in [6.45, 7) is 1.91. The molecule has 0 aliphatic rings. The second kappa shape index (κ2) is 6.22. The fraction of sp³-hybridized carbons (Fsp3) is 0.176. The molecule has 2 rings (SSSR count). The Morgan fingerprint density at radius 2 is 1.76 bits per heavy atom. The van der Waals surface area contributed by atoms with Crippen molar-refractivity contribution in [3.63, 3.8) is 0 Å². The Morgan fingerprint density at radius 3 is 2.33 bits per heavy atom. The molecule has 4 nitrogen and oxygen atoms in total. The first-order valence-electron chi connectivity index (χ1n) is 6.49. The van der Waals surface area contributed by atoms with Gasteiger partial charge in [-0.25, -0.2) is 4.79 Å². The molecule has 0 amide bonds. The topological polar surface area (TPSA) is 66.4 Å². The van der Waals surface area contributed by atoms with E-state index in [4.69, 9.17) is 0 Å². The number of aryl methyl sites for hydroxylation is 1. The highest BCUT2D eigenvalue weighted by molar-refractivity contribution is 5.89. The molecule has 0 aliphatic heterocycles. The predicted molar refractivity (Wildman–Crippen MR) is 76.1 cm³/mol. The maximum Gasteiger partial charge on any atom is 0.337 e. The number of ether oxygens (including phenoxy) is 1. The zero-order chi connectivity index (χ0) is 15.4. The van der Waals surface area contributed by atoms with Crippen molar-refractivity contribution < 1.29 is 19.4 Å². The molecule has 0 bridgehead atoms. The van der Waals surface area contributed by atoms with Gasteiger partial charge in [-0.05, 0) is 36.6 Å². The van der Waals surface area contributed by atoms with Crippen molar-refractivity contribution in [2.24, 2.45) is 0 Å². The van der Waals surface area contributed by atoms with Crippen LogP contribution >= 0.6 is 0 Å². The van der Waals surface area contributed by atoms with E-state index < -0.39 is 11.9 Å². The third-order valence-corrected chi connectivity index (χ3v) is 3.25. The summed E-state index contributed by atoms with van der Waals surface area (Å²) in [6, 6.07) is 12.0. The molecule has 2 aromatic rings. The Kier molecular flexibility index (Phi) is 4.38. The molecule has 0 heterocycles. The number of esters is 1. The van der Waals surface area contributed by atoms with Crippen LogP contribution in [-0.4, -0.2) is 19.0 Å². The molecule has 0 atom stereocenters. The van der Waals surface area contributed by atoms with Gasteiger partial charge in [0.15, 0.2) is 0 Å². The molecule has 21 heavy (non-hydrogen) atoms. The van der Waals surface area contributed by atoms with Crippen LogP contribution < -0.4 is 5.11 Å². The number of hydrogen-bond acceptors (Lipinski definition) is 4. The van der Waals surface area contributed by atoms with E-state index in [1.165, 1.54) is 7.11 Å². The van der Waals surface area contributed by atoms with Gasteiger partial charge < -0.3 is 14.6 Å². The number of carbonyl (C=O) groups is 2. The lowest BCUT2D eigenvalue weighted by Crippen LogP contribution is -2.23. The van der Waals surface area contributed by atoms with Gasteiger partial charge in [0, 0.05) is 5.56 Å². The Hall–Kier alpha value is -2.62. The van der Waals surface area contributed by atoms with Gasteiger partial charge in [0.05, 0.1) is 18.6 Å². The van der Waals surface area contributed by atoms with Crippen LogP contribution in [0.1, 0.15) is 37.4 Å². The third kappa shape index (κ3) is 3.48. The van der Waals surface area contributed by atoms with Crippen molar-refractivity contribution in [2.45, 2.75) is 13.3 Å². The fourth-order valence-corrected chi connectivity index (χ4v) is 2.16. The second-order valence-electron chi connectivity index (χ2n) is 4.81. The van der Waals surface area contributed by atoms with Crippen LogP contribution in [0.2, 0.25) is 0 Å². The first kappa shape index (κ1) is 14.8. The van der Waals surface area contributed by atoms with E-state index in [0.29, 0.717) is 17.5 Å². The summed E-state index contributed by atoms with van der Waals surface area (Å²) in [5, 5.41) is 11.1. The minimum absolute atomic E-state index is 0.192. The van der Waals surface area contributed by atoms with Gasteiger partial charge in [-0.2, -0.15) is 0 Å². The second-order valence-corrected chi connectivity index (χ2v) is 4.81. The molecule has 4 heteroatoms. The van der Waals surface area contributed by atoms with E-state index in [-0.39, 0.29) is 5.56 Å². The van der Waals surface area contributed by atoms with Gasteiger partial charge in [-0.1, -0.05) is 35.9 Å². The van der Waals surface area contributed by atoms with E-state index in [2.05, 4.69) is 4.74 Å². The van der Waals surface area contributed by atoms with Crippen LogP contribution in [0.25, 0.3) is 0 Å². The summed E-state index contributed by atoms with van der Waals surface area (Å²) >= 11 is 0. The molecular formula is C17H15O4-. The highest BCUT2D eigenvalue weighted by atomic mass is 16.5. The van der Waals surface area contributed by atoms with E-state index in [9.17, 15) is 14.7 Å². The molecule has 0 N–H and O–H groups in total. The van der Waals surface area contributed by atoms with Gasteiger partial charge in [0.25, 0.3) is 0 Å². The lowest BCUT2D eigenvalue weighted by Gasteiger charge is -2.12. The molecule has 0 aliphatic carbocycles. The van der Waals surface area contributed by atoms with Gasteiger partial charge in [-0.15, -0.1) is 0 Å². The minimum atomic E-state index is -1.18. The van der Waals surface area contributed by atoms with Gasteiger partial charge in [0.2, 0.25) is 0 Å². The highest BCUT2D eigenvalue weighted by Gasteiger charge is 2.07. The summed E-state index contributed by atoms with van der Waals surface area (Å²) in [7, 11) is 1.33. The average Bonchev–Trinajstić information content (AvgIpc) is 2.47. The van der Waals surface area contributed by atoms with E-state index in [1.807, 2.05) is 13.0 Å². The van der Waals surface area contributed by atoms with Gasteiger partial charge >= 0.3 is 5.97 Å². The van der Waals surface area contributed by atoms with Crippen LogP contribution in [0.15, 0.2) is 42.5 Å². The average molecular weight is 283 g/mol. The van der Waals surface area contributed by atoms with Crippen LogP contribution in [0.5, 0.6) is 0 Å². The van der Waals surface area contributed by atoms with Crippen molar-refractivity contribution >= 4 is 11.9 Å². The largest absolute Gasteiger partial charge is 0.545 e. The molecule has 0 saturated heterocycles. The summed E-state index contributed by atoms with van der Waals surface area (Å²) in [5.74, 6) is -1.58. The van der Waals surface area contributed by atoms with Crippen LogP contribution in [0, 0.1) is 6.92 Å². The number of methoxy groups -OCH3 is 1. The first-order valence-corrected chi connectivity index (χ1v) is 6.49. The van der Waals surface area contributed by atoms with Crippen LogP contribution in [0.4, 0.5) is 0 Å². The summed E-state index contributed by atoms with van der Waals surface area (Å²) in [6.07, 6.45) is 0.465. The molecule has 108 valence electrons. The highest BCUT2D eigenvalue weighted by Crippen LogP contribution is 2.17. The zero-order valence-corrected chi connectivity index (χ0v) is 11.9. The SMILES string of the molecule is COC(=O)c1ccc(Cc2cc(C)ccc2C(=O)[O-])cc1. The number of carboxylic acids is 1. The Balaban J connectivity index is 2.28. The Bertz CT molecular complexity index is 672. The Morgan fingerprint density at radius 1 is 1.10 bits per heavy atom. The van der Waals surface area contributed by atoms with Crippen LogP contribution in [-0.2, 0) is 11.2 Å². The number of aromatic carboxylic acids is 1. The third-order valence-electron chi connectivity index (χ3n) is 3.25. The number of carbonyl (C=O) groups excluding carboxylic acids is 2. The van der Waals surface area contributed by atoms with E-state index in [1.54, 1.807) is 36.4 Å². The van der Waals surface area contributed by atoms with Crippen molar-refractivity contribution in [1.29, 1.82) is 0 Å². The molecule has 0 spiro atoms. The monoisotopic (exact) mass is 283 g/mol. The summed E-state index contributed by atoms with van der Waals surface area (Å²) in [4.78, 5) is 22.5. The minimum Gasteiger partial charge on any atom is -0.545 e. The number of carboxylic acid groups (broad SMARTS) is 1. The molecule has 0 fully saturated rings. The van der Waals surface area contributed by atoms with Crippen molar-refractivity contribution in [3.8, 4) is 0 Å². The van der Waals surface area contributed by atoms with E-state index in [0.717, 1.165) is 11.1 Å². The number of rotatable bonds is 4. The van der Waals surface area contributed by atoms with Crippen molar-refractivity contribution in [3.05, 3.63) is 70.3 Å². The van der Waals surface area contributed by atoms with Gasteiger partial charge in [-0.3, -0.25) is 0 Å². The molecule has 0 unspecified atom stereocenters. The van der Waals surface area contributed by atoms with Crippen molar-refractivity contribution in [2.75, 3.05) is 7.11 Å². The molecular weight excluding hydrogens is 268 g/mol. The number of hydrogen-bond donors (Lipinski definition) is 0. The standard InChI is InChI=1S/C17H16O4/c1-11-3-8-15(16(18)19)14(9-11)10-12-4-6-13(7-5-12)17(20)21-2/h3-9H,10H2,1-2H3,(H,18,19)/p-1. The predicted octanol–water partition coefficient (Wildman–Crippen LogP) is 1.74. The normalized spacial score (nSPS) is 10.2.